The minimum atomic E-state index is -0.141. The fraction of sp³-hybridized carbons (Fsp3) is 0.280. The second-order valence-electron chi connectivity index (χ2n) is 7.93. The zero-order valence-corrected chi connectivity index (χ0v) is 18.0. The second kappa shape index (κ2) is 9.62. The lowest BCUT2D eigenvalue weighted by Crippen LogP contribution is -2.48. The van der Waals surface area contributed by atoms with Crippen LogP contribution in [0.5, 0.6) is 11.5 Å². The van der Waals surface area contributed by atoms with Crippen molar-refractivity contribution < 1.29 is 9.53 Å². The number of amides is 1. The fourth-order valence-corrected chi connectivity index (χ4v) is 3.70. The number of benzene rings is 2. The number of pyridine rings is 1. The lowest BCUT2D eigenvalue weighted by molar-refractivity contribution is 0.102. The number of nitrogens with zero attached hydrogens (tertiary/aromatic N) is 3. The van der Waals surface area contributed by atoms with Crippen LogP contribution in [0.2, 0.25) is 0 Å². The minimum absolute atomic E-state index is 0.141. The predicted octanol–water partition coefficient (Wildman–Crippen LogP) is 4.66. The number of hydrogen-bond donors (Lipinski definition) is 1. The molecule has 1 aliphatic rings. The Hall–Kier alpha value is -3.38. The Kier molecular flexibility index (Phi) is 6.48. The lowest BCUT2D eigenvalue weighted by atomic mass is 10.1. The number of nitrogens with one attached hydrogen (secondary N) is 1. The van der Waals surface area contributed by atoms with Gasteiger partial charge in [-0.25, -0.2) is 0 Å². The van der Waals surface area contributed by atoms with Crippen molar-refractivity contribution in [1.82, 2.24) is 9.88 Å². The highest BCUT2D eigenvalue weighted by Crippen LogP contribution is 2.24. The third kappa shape index (κ3) is 5.41. The van der Waals surface area contributed by atoms with E-state index in [0.717, 1.165) is 31.9 Å². The van der Waals surface area contributed by atoms with Gasteiger partial charge in [-0.1, -0.05) is 6.07 Å². The van der Waals surface area contributed by atoms with Gasteiger partial charge in [-0.2, -0.15) is 0 Å². The Balaban J connectivity index is 1.36. The van der Waals surface area contributed by atoms with Crippen molar-refractivity contribution >= 4 is 17.3 Å². The molecule has 0 bridgehead atoms. The van der Waals surface area contributed by atoms with Crippen molar-refractivity contribution in [3.63, 3.8) is 0 Å². The molecular weight excluding hydrogens is 388 g/mol. The van der Waals surface area contributed by atoms with Gasteiger partial charge < -0.3 is 15.0 Å². The van der Waals surface area contributed by atoms with E-state index in [2.05, 4.69) is 33.9 Å². The van der Waals surface area contributed by atoms with E-state index >= 15 is 0 Å². The SMILES string of the molecule is CC(C)N1CCN(c2ccc(C(=O)Nc3cccc(Oc4ccncc4)c3)cc2)CC1. The molecule has 1 aliphatic heterocycles. The quantitative estimate of drug-likeness (QED) is 0.634. The number of anilines is 2. The van der Waals surface area contributed by atoms with Gasteiger partial charge in [-0.05, 0) is 62.4 Å². The van der Waals surface area contributed by atoms with Crippen molar-refractivity contribution in [2.75, 3.05) is 36.4 Å². The van der Waals surface area contributed by atoms with Crippen LogP contribution in [-0.2, 0) is 0 Å². The Morgan fingerprint density at radius 2 is 1.65 bits per heavy atom. The molecule has 0 spiro atoms. The summed E-state index contributed by atoms with van der Waals surface area (Å²) in [5.41, 5.74) is 2.48. The largest absolute Gasteiger partial charge is 0.457 e. The van der Waals surface area contributed by atoms with E-state index in [-0.39, 0.29) is 5.91 Å². The van der Waals surface area contributed by atoms with E-state index < -0.39 is 0 Å². The van der Waals surface area contributed by atoms with Crippen LogP contribution < -0.4 is 15.0 Å². The van der Waals surface area contributed by atoms with Crippen LogP contribution >= 0.6 is 0 Å². The Bertz CT molecular complexity index is 998. The van der Waals surface area contributed by atoms with E-state index in [1.54, 1.807) is 30.6 Å². The molecule has 2 heterocycles. The maximum atomic E-state index is 12.7. The van der Waals surface area contributed by atoms with Crippen LogP contribution in [0.3, 0.4) is 0 Å². The molecule has 4 rings (SSSR count). The summed E-state index contributed by atoms with van der Waals surface area (Å²) in [7, 11) is 0. The van der Waals surface area contributed by atoms with Gasteiger partial charge in [0.25, 0.3) is 5.91 Å². The van der Waals surface area contributed by atoms with E-state index in [4.69, 9.17) is 4.74 Å². The molecule has 0 saturated carbocycles. The first-order valence-electron chi connectivity index (χ1n) is 10.7. The predicted molar refractivity (Wildman–Crippen MR) is 124 cm³/mol. The molecule has 160 valence electrons. The highest BCUT2D eigenvalue weighted by Gasteiger charge is 2.19. The summed E-state index contributed by atoms with van der Waals surface area (Å²) < 4.78 is 5.81. The van der Waals surface area contributed by atoms with Gasteiger partial charge in [-0.3, -0.25) is 14.7 Å². The van der Waals surface area contributed by atoms with Gasteiger partial charge in [0, 0.05) is 67.6 Å². The smallest absolute Gasteiger partial charge is 0.255 e. The minimum Gasteiger partial charge on any atom is -0.457 e. The summed E-state index contributed by atoms with van der Waals surface area (Å²) in [5.74, 6) is 1.21. The standard InChI is InChI=1S/C25H28N4O2/c1-19(2)28-14-16-29(17-15-28)22-8-6-20(7-9-22)25(30)27-21-4-3-5-24(18-21)31-23-10-12-26-13-11-23/h3-13,18-19H,14-17H2,1-2H3,(H,27,30). The number of carbonyl (C=O) groups excluding carboxylic acids is 1. The molecule has 1 fully saturated rings. The fourth-order valence-electron chi connectivity index (χ4n) is 3.70. The van der Waals surface area contributed by atoms with Gasteiger partial charge in [0.05, 0.1) is 0 Å². The van der Waals surface area contributed by atoms with Crippen LogP contribution in [-0.4, -0.2) is 48.0 Å². The molecule has 0 radical (unpaired) electrons. The van der Waals surface area contributed by atoms with E-state index in [9.17, 15) is 4.79 Å². The van der Waals surface area contributed by atoms with Crippen LogP contribution in [0, 0.1) is 0 Å². The van der Waals surface area contributed by atoms with Gasteiger partial charge in [-0.15, -0.1) is 0 Å². The summed E-state index contributed by atoms with van der Waals surface area (Å²) in [6, 6.07) is 19.4. The zero-order chi connectivity index (χ0) is 21.6. The van der Waals surface area contributed by atoms with Crippen LogP contribution in [0.1, 0.15) is 24.2 Å². The van der Waals surface area contributed by atoms with Crippen LogP contribution in [0.15, 0.2) is 73.1 Å². The average Bonchev–Trinajstić information content (AvgIpc) is 2.80. The molecule has 2 aromatic carbocycles. The zero-order valence-electron chi connectivity index (χ0n) is 18.0. The second-order valence-corrected chi connectivity index (χ2v) is 7.93. The summed E-state index contributed by atoms with van der Waals surface area (Å²) in [4.78, 5) is 21.6. The van der Waals surface area contributed by atoms with Gasteiger partial charge in [0.2, 0.25) is 0 Å². The lowest BCUT2D eigenvalue weighted by Gasteiger charge is -2.38. The van der Waals surface area contributed by atoms with Crippen molar-refractivity contribution in [3.8, 4) is 11.5 Å². The highest BCUT2D eigenvalue weighted by atomic mass is 16.5. The van der Waals surface area contributed by atoms with Crippen molar-refractivity contribution in [2.45, 2.75) is 19.9 Å². The average molecular weight is 417 g/mol. The molecule has 0 atom stereocenters. The summed E-state index contributed by atoms with van der Waals surface area (Å²) >= 11 is 0. The highest BCUT2D eigenvalue weighted by molar-refractivity contribution is 6.04. The summed E-state index contributed by atoms with van der Waals surface area (Å²) in [6.07, 6.45) is 3.35. The maximum Gasteiger partial charge on any atom is 0.255 e. The van der Waals surface area contributed by atoms with Gasteiger partial charge in [0.15, 0.2) is 0 Å². The summed E-state index contributed by atoms with van der Waals surface area (Å²) in [5, 5.41) is 2.95. The molecule has 1 N–H and O–H groups in total. The first-order chi connectivity index (χ1) is 15.1. The maximum absolute atomic E-state index is 12.7. The molecule has 31 heavy (non-hydrogen) atoms. The molecule has 1 amide bonds. The molecule has 1 saturated heterocycles. The number of carbonyl (C=O) groups is 1. The van der Waals surface area contributed by atoms with E-state index in [1.807, 2.05) is 42.5 Å². The molecule has 1 aromatic heterocycles. The van der Waals surface area contributed by atoms with Crippen molar-refractivity contribution in [3.05, 3.63) is 78.6 Å². The Labute approximate surface area is 183 Å². The number of aromatic nitrogens is 1. The number of ether oxygens (including phenoxy) is 1. The van der Waals surface area contributed by atoms with Gasteiger partial charge >= 0.3 is 0 Å². The van der Waals surface area contributed by atoms with Crippen molar-refractivity contribution in [1.29, 1.82) is 0 Å². The molecule has 0 unspecified atom stereocenters. The Morgan fingerprint density at radius 3 is 2.32 bits per heavy atom. The number of piperazine rings is 1. The third-order valence-electron chi connectivity index (χ3n) is 5.52. The first-order valence-corrected chi connectivity index (χ1v) is 10.7. The topological polar surface area (TPSA) is 57.7 Å². The first kappa shape index (κ1) is 20.9. The molecule has 6 nitrogen and oxygen atoms in total. The normalized spacial score (nSPS) is 14.5. The molecule has 0 aliphatic carbocycles. The monoisotopic (exact) mass is 416 g/mol. The van der Waals surface area contributed by atoms with Crippen LogP contribution in [0.4, 0.5) is 11.4 Å². The molecule has 6 heteroatoms. The Morgan fingerprint density at radius 1 is 0.935 bits per heavy atom. The third-order valence-corrected chi connectivity index (χ3v) is 5.52. The van der Waals surface area contributed by atoms with E-state index in [1.165, 1.54) is 0 Å². The number of hydrogen-bond acceptors (Lipinski definition) is 5. The molecule has 3 aromatic rings. The van der Waals surface area contributed by atoms with E-state index in [0.29, 0.717) is 28.8 Å². The van der Waals surface area contributed by atoms with Gasteiger partial charge in [0.1, 0.15) is 11.5 Å². The van der Waals surface area contributed by atoms with Crippen LogP contribution in [0.25, 0.3) is 0 Å². The number of rotatable bonds is 6. The van der Waals surface area contributed by atoms with Crippen molar-refractivity contribution in [2.24, 2.45) is 0 Å². The molecular formula is C25H28N4O2. The summed E-state index contributed by atoms with van der Waals surface area (Å²) in [6.45, 7) is 8.63.